The summed E-state index contributed by atoms with van der Waals surface area (Å²) in [7, 11) is 0. The van der Waals surface area contributed by atoms with E-state index in [0.717, 1.165) is 12.2 Å². The van der Waals surface area contributed by atoms with E-state index in [0.29, 0.717) is 23.8 Å². The lowest BCUT2D eigenvalue weighted by atomic mass is 10.2. The molecule has 0 unspecified atom stereocenters. The van der Waals surface area contributed by atoms with Gasteiger partial charge in [0.15, 0.2) is 0 Å². The van der Waals surface area contributed by atoms with Crippen molar-refractivity contribution in [1.29, 1.82) is 0 Å². The molecule has 0 saturated heterocycles. The number of rotatable bonds is 6. The summed E-state index contributed by atoms with van der Waals surface area (Å²) in [5, 5.41) is 5.83. The van der Waals surface area contributed by atoms with Crippen molar-refractivity contribution in [2.75, 3.05) is 11.9 Å². The summed E-state index contributed by atoms with van der Waals surface area (Å²) < 4.78 is 5.44. The molecule has 20 heavy (non-hydrogen) atoms. The maximum atomic E-state index is 12.1. The number of aryl methyl sites for hydroxylation is 1. The van der Waals surface area contributed by atoms with Gasteiger partial charge in [0, 0.05) is 19.2 Å². The zero-order valence-corrected chi connectivity index (χ0v) is 11.6. The maximum Gasteiger partial charge on any atom is 0.255 e. The largest absolute Gasteiger partial charge is 0.444 e. The Hall–Kier alpha value is -2.37. The summed E-state index contributed by atoms with van der Waals surface area (Å²) in [5.74, 6) is 1.69. The molecule has 2 aromatic heterocycles. The monoisotopic (exact) mass is 274 g/mol. The van der Waals surface area contributed by atoms with E-state index in [1.165, 1.54) is 0 Å². The van der Waals surface area contributed by atoms with Crippen molar-refractivity contribution in [2.24, 2.45) is 0 Å². The van der Waals surface area contributed by atoms with Crippen LogP contribution in [0, 0.1) is 0 Å². The van der Waals surface area contributed by atoms with Gasteiger partial charge >= 0.3 is 0 Å². The van der Waals surface area contributed by atoms with Gasteiger partial charge in [-0.05, 0) is 19.1 Å². The Balaban J connectivity index is 2.01. The summed E-state index contributed by atoms with van der Waals surface area (Å²) in [6.07, 6.45) is 4.11. The van der Waals surface area contributed by atoms with Crippen LogP contribution < -0.4 is 10.6 Å². The first-order valence-corrected chi connectivity index (χ1v) is 6.65. The lowest BCUT2D eigenvalue weighted by molar-refractivity contribution is 0.0947. The Morgan fingerprint density at radius 2 is 2.20 bits per heavy atom. The van der Waals surface area contributed by atoms with E-state index < -0.39 is 0 Å². The van der Waals surface area contributed by atoms with Crippen molar-refractivity contribution in [3.05, 3.63) is 41.7 Å². The van der Waals surface area contributed by atoms with Gasteiger partial charge in [-0.15, -0.1) is 0 Å². The molecule has 2 aromatic rings. The van der Waals surface area contributed by atoms with Gasteiger partial charge in [-0.25, -0.2) is 9.97 Å². The molecule has 2 N–H and O–H groups in total. The van der Waals surface area contributed by atoms with Crippen LogP contribution in [0.3, 0.4) is 0 Å². The van der Waals surface area contributed by atoms with Crippen molar-refractivity contribution < 1.29 is 9.21 Å². The van der Waals surface area contributed by atoms with Crippen LogP contribution >= 0.6 is 0 Å². The molecule has 0 atom stereocenters. The molecule has 0 aliphatic rings. The van der Waals surface area contributed by atoms with E-state index in [2.05, 4.69) is 20.6 Å². The Kier molecular flexibility index (Phi) is 4.70. The Morgan fingerprint density at radius 1 is 1.35 bits per heavy atom. The fourth-order valence-corrected chi connectivity index (χ4v) is 1.74. The number of aromatic nitrogens is 2. The number of oxazole rings is 1. The fraction of sp³-hybridized carbons (Fsp3) is 0.357. The number of hydrogen-bond acceptors (Lipinski definition) is 5. The lowest BCUT2D eigenvalue weighted by Crippen LogP contribution is -2.24. The van der Waals surface area contributed by atoms with Crippen LogP contribution in [0.2, 0.25) is 0 Å². The van der Waals surface area contributed by atoms with Gasteiger partial charge in [-0.1, -0.05) is 6.92 Å². The molecular formula is C14H18N4O2. The van der Waals surface area contributed by atoms with E-state index in [-0.39, 0.29) is 12.5 Å². The van der Waals surface area contributed by atoms with E-state index in [4.69, 9.17) is 4.42 Å². The van der Waals surface area contributed by atoms with Crippen molar-refractivity contribution in [3.8, 4) is 0 Å². The number of nitrogens with one attached hydrogen (secondary N) is 2. The van der Waals surface area contributed by atoms with Crippen LogP contribution in [-0.2, 0) is 13.0 Å². The third kappa shape index (κ3) is 3.34. The van der Waals surface area contributed by atoms with Crippen molar-refractivity contribution in [3.63, 3.8) is 0 Å². The molecule has 6 heteroatoms. The number of nitrogens with zero attached hydrogens (tertiary/aromatic N) is 2. The highest BCUT2D eigenvalue weighted by molar-refractivity contribution is 5.98. The number of amides is 1. The number of anilines is 1. The van der Waals surface area contributed by atoms with Gasteiger partial charge in [0.2, 0.25) is 5.89 Å². The molecule has 0 saturated carbocycles. The molecule has 6 nitrogen and oxygen atoms in total. The van der Waals surface area contributed by atoms with Crippen molar-refractivity contribution in [2.45, 2.75) is 26.8 Å². The van der Waals surface area contributed by atoms with Gasteiger partial charge < -0.3 is 15.1 Å². The smallest absolute Gasteiger partial charge is 0.255 e. The molecule has 106 valence electrons. The van der Waals surface area contributed by atoms with Crippen LogP contribution in [0.15, 0.2) is 28.9 Å². The lowest BCUT2D eigenvalue weighted by Gasteiger charge is -2.08. The highest BCUT2D eigenvalue weighted by Crippen LogP contribution is 2.11. The number of carbonyl (C=O) groups excluding carboxylic acids is 1. The highest BCUT2D eigenvalue weighted by atomic mass is 16.4. The molecule has 0 spiro atoms. The third-order valence-corrected chi connectivity index (χ3v) is 2.75. The van der Waals surface area contributed by atoms with Gasteiger partial charge in [0.25, 0.3) is 5.91 Å². The summed E-state index contributed by atoms with van der Waals surface area (Å²) in [6, 6.07) is 3.46. The van der Waals surface area contributed by atoms with Crippen LogP contribution in [0.1, 0.15) is 35.9 Å². The second-order valence-electron chi connectivity index (χ2n) is 4.19. The first-order valence-electron chi connectivity index (χ1n) is 6.65. The minimum absolute atomic E-state index is 0.203. The molecule has 0 fully saturated rings. The third-order valence-electron chi connectivity index (χ3n) is 2.75. The Bertz CT molecular complexity index is 580. The zero-order chi connectivity index (χ0) is 14.4. The van der Waals surface area contributed by atoms with Gasteiger partial charge in [0.1, 0.15) is 11.6 Å². The second-order valence-corrected chi connectivity index (χ2v) is 4.19. The van der Waals surface area contributed by atoms with Crippen LogP contribution in [0.5, 0.6) is 0 Å². The molecule has 0 radical (unpaired) electrons. The van der Waals surface area contributed by atoms with Crippen LogP contribution in [-0.4, -0.2) is 22.4 Å². The van der Waals surface area contributed by atoms with Gasteiger partial charge in [-0.3, -0.25) is 4.79 Å². The predicted octanol–water partition coefficient (Wildman–Crippen LogP) is 1.99. The maximum absolute atomic E-state index is 12.1. The normalized spacial score (nSPS) is 10.3. The quantitative estimate of drug-likeness (QED) is 0.842. The summed E-state index contributed by atoms with van der Waals surface area (Å²) >= 11 is 0. The van der Waals surface area contributed by atoms with Crippen LogP contribution in [0.4, 0.5) is 5.82 Å². The standard InChI is InChI=1S/C14H18N4O2/c1-3-10-8-17-12(20-10)9-18-14(19)11-6-5-7-16-13(11)15-4-2/h5-8H,3-4,9H2,1-2H3,(H,15,16)(H,18,19). The molecule has 1 amide bonds. The average Bonchev–Trinajstić information content (AvgIpc) is 2.94. The second kappa shape index (κ2) is 6.70. The highest BCUT2D eigenvalue weighted by Gasteiger charge is 2.12. The van der Waals surface area contributed by atoms with E-state index in [1.54, 1.807) is 24.5 Å². The predicted molar refractivity (Wildman–Crippen MR) is 75.5 cm³/mol. The molecule has 0 aromatic carbocycles. The minimum atomic E-state index is -0.203. The van der Waals surface area contributed by atoms with Crippen molar-refractivity contribution in [1.82, 2.24) is 15.3 Å². The first-order chi connectivity index (χ1) is 9.74. The molecule has 2 heterocycles. The zero-order valence-electron chi connectivity index (χ0n) is 11.6. The summed E-state index contributed by atoms with van der Waals surface area (Å²) in [5.41, 5.74) is 0.511. The number of pyridine rings is 1. The molecule has 0 aliphatic heterocycles. The topological polar surface area (TPSA) is 80.0 Å². The van der Waals surface area contributed by atoms with Gasteiger partial charge in [0.05, 0.1) is 18.3 Å². The molecule has 0 aliphatic carbocycles. The fourth-order valence-electron chi connectivity index (χ4n) is 1.74. The molecular weight excluding hydrogens is 256 g/mol. The van der Waals surface area contributed by atoms with Crippen molar-refractivity contribution >= 4 is 11.7 Å². The van der Waals surface area contributed by atoms with Gasteiger partial charge in [-0.2, -0.15) is 0 Å². The molecule has 2 rings (SSSR count). The minimum Gasteiger partial charge on any atom is -0.444 e. The summed E-state index contributed by atoms with van der Waals surface area (Å²) in [4.78, 5) is 20.4. The molecule has 0 bridgehead atoms. The Morgan fingerprint density at radius 3 is 2.90 bits per heavy atom. The SMILES string of the molecule is CCNc1ncccc1C(=O)NCc1ncc(CC)o1. The van der Waals surface area contributed by atoms with E-state index in [9.17, 15) is 4.79 Å². The number of hydrogen-bond donors (Lipinski definition) is 2. The van der Waals surface area contributed by atoms with E-state index in [1.807, 2.05) is 13.8 Å². The van der Waals surface area contributed by atoms with Crippen LogP contribution in [0.25, 0.3) is 0 Å². The number of carbonyl (C=O) groups is 1. The average molecular weight is 274 g/mol. The Labute approximate surface area is 117 Å². The summed E-state index contributed by atoms with van der Waals surface area (Å²) in [6.45, 7) is 4.91. The first kappa shape index (κ1) is 14.0. The van der Waals surface area contributed by atoms with E-state index >= 15 is 0 Å².